The van der Waals surface area contributed by atoms with Gasteiger partial charge in [0.05, 0.1) is 0 Å². The van der Waals surface area contributed by atoms with Gasteiger partial charge < -0.3 is 14.5 Å². The van der Waals surface area contributed by atoms with Crippen LogP contribution in [0.1, 0.15) is 13.8 Å². The Morgan fingerprint density at radius 2 is 1.94 bits per heavy atom. The summed E-state index contributed by atoms with van der Waals surface area (Å²) in [6.07, 6.45) is 3.24. The third-order valence-electron chi connectivity index (χ3n) is 2.32. The molecule has 0 bridgehead atoms. The molecule has 0 aromatic carbocycles. The zero-order valence-electron chi connectivity index (χ0n) is 10.1. The van der Waals surface area contributed by atoms with Crippen LogP contribution >= 0.6 is 0 Å². The lowest BCUT2D eigenvalue weighted by Crippen LogP contribution is -2.41. The maximum absolute atomic E-state index is 11.5. The van der Waals surface area contributed by atoms with E-state index in [0.29, 0.717) is 19.0 Å². The van der Waals surface area contributed by atoms with Gasteiger partial charge >= 0.3 is 11.1 Å². The first kappa shape index (κ1) is 12.7. The van der Waals surface area contributed by atoms with Crippen LogP contribution in [0.5, 0.6) is 0 Å². The van der Waals surface area contributed by atoms with E-state index in [-0.39, 0.29) is 0 Å². The summed E-state index contributed by atoms with van der Waals surface area (Å²) >= 11 is 0. The molecule has 1 heterocycles. The number of hydrogen-bond donors (Lipinski definition) is 1. The average molecular weight is 225 g/mol. The second-order valence-electron chi connectivity index (χ2n) is 4.31. The average Bonchev–Trinajstić information content (AvgIpc) is 2.23. The zero-order chi connectivity index (χ0) is 12.1. The highest BCUT2D eigenvalue weighted by Gasteiger charge is 2.01. The van der Waals surface area contributed by atoms with Crippen molar-refractivity contribution < 1.29 is 0 Å². The quantitative estimate of drug-likeness (QED) is 0.557. The number of nitrogens with zero attached hydrogens (tertiary/aromatic N) is 2. The van der Waals surface area contributed by atoms with Gasteiger partial charge in [0.1, 0.15) is 0 Å². The molecule has 0 radical (unpaired) electrons. The van der Waals surface area contributed by atoms with Crippen molar-refractivity contribution in [3.05, 3.63) is 33.1 Å². The number of rotatable bonds is 5. The molecule has 5 nitrogen and oxygen atoms in total. The minimum absolute atomic E-state index is 0.462. The van der Waals surface area contributed by atoms with E-state index >= 15 is 0 Å². The first-order valence-electron chi connectivity index (χ1n) is 5.49. The normalized spacial score (nSPS) is 11.0. The molecule has 90 valence electrons. The van der Waals surface area contributed by atoms with Gasteiger partial charge in [0.15, 0.2) is 0 Å². The number of nitrogens with one attached hydrogen (secondary N) is 1. The summed E-state index contributed by atoms with van der Waals surface area (Å²) in [5.74, 6) is 0.584. The van der Waals surface area contributed by atoms with Crippen molar-refractivity contribution in [1.29, 1.82) is 0 Å². The van der Waals surface area contributed by atoms with Crippen LogP contribution in [0.4, 0.5) is 0 Å². The molecule has 5 heteroatoms. The maximum Gasteiger partial charge on any atom is 0.316 e. The van der Waals surface area contributed by atoms with Gasteiger partial charge in [-0.05, 0) is 12.5 Å². The first-order chi connectivity index (χ1) is 7.52. The summed E-state index contributed by atoms with van der Waals surface area (Å²) in [6.45, 7) is 6.39. The molecule has 1 aromatic heterocycles. The maximum atomic E-state index is 11.5. The fraction of sp³-hybridized carbons (Fsp3) is 0.636. The van der Waals surface area contributed by atoms with Crippen molar-refractivity contribution in [2.24, 2.45) is 13.0 Å². The highest BCUT2D eigenvalue weighted by molar-refractivity contribution is 4.84. The van der Waals surface area contributed by atoms with Gasteiger partial charge in [-0.15, -0.1) is 0 Å². The summed E-state index contributed by atoms with van der Waals surface area (Å²) in [4.78, 5) is 22.9. The number of aryl methyl sites for hydroxylation is 1. The lowest BCUT2D eigenvalue weighted by atomic mass is 10.2. The van der Waals surface area contributed by atoms with Crippen molar-refractivity contribution in [1.82, 2.24) is 14.5 Å². The molecule has 0 saturated heterocycles. The molecule has 0 saturated carbocycles. The summed E-state index contributed by atoms with van der Waals surface area (Å²) in [7, 11) is 1.57. The Bertz CT molecular complexity index is 445. The smallest absolute Gasteiger partial charge is 0.315 e. The van der Waals surface area contributed by atoms with Gasteiger partial charge in [-0.3, -0.25) is 9.59 Å². The van der Waals surface area contributed by atoms with Crippen molar-refractivity contribution in [3.8, 4) is 0 Å². The fourth-order valence-electron chi connectivity index (χ4n) is 1.36. The van der Waals surface area contributed by atoms with Crippen LogP contribution in [0, 0.1) is 5.92 Å². The molecule has 0 amide bonds. The SMILES string of the molecule is CC(C)CNCCn1ccn(C)c(=O)c1=O. The second-order valence-corrected chi connectivity index (χ2v) is 4.31. The summed E-state index contributed by atoms with van der Waals surface area (Å²) in [5.41, 5.74) is -0.942. The molecule has 1 aromatic rings. The standard InChI is InChI=1S/C11H19N3O2/c1-9(2)8-12-4-5-14-7-6-13(3)10(15)11(14)16/h6-7,9,12H,4-5,8H2,1-3H3. The predicted molar refractivity (Wildman–Crippen MR) is 63.7 cm³/mol. The minimum Gasteiger partial charge on any atom is -0.315 e. The molecule has 1 rings (SSSR count). The highest BCUT2D eigenvalue weighted by atomic mass is 16.2. The lowest BCUT2D eigenvalue weighted by Gasteiger charge is -2.09. The molecule has 1 N–H and O–H groups in total. The monoisotopic (exact) mass is 225 g/mol. The summed E-state index contributed by atoms with van der Waals surface area (Å²) < 4.78 is 2.73. The molecule has 0 aliphatic heterocycles. The van der Waals surface area contributed by atoms with Crippen molar-refractivity contribution in [3.63, 3.8) is 0 Å². The van der Waals surface area contributed by atoms with Crippen LogP contribution in [0.3, 0.4) is 0 Å². The van der Waals surface area contributed by atoms with Gasteiger partial charge in [-0.2, -0.15) is 0 Å². The van der Waals surface area contributed by atoms with Gasteiger partial charge in [0.25, 0.3) is 0 Å². The largest absolute Gasteiger partial charge is 0.316 e. The van der Waals surface area contributed by atoms with E-state index in [4.69, 9.17) is 0 Å². The topological polar surface area (TPSA) is 56.0 Å². The van der Waals surface area contributed by atoms with Crippen LogP contribution in [0.2, 0.25) is 0 Å². The van der Waals surface area contributed by atoms with Crippen LogP contribution in [0.15, 0.2) is 22.0 Å². The fourth-order valence-corrected chi connectivity index (χ4v) is 1.36. The van der Waals surface area contributed by atoms with E-state index in [1.807, 2.05) is 0 Å². The molecule has 0 aliphatic carbocycles. The van der Waals surface area contributed by atoms with E-state index in [9.17, 15) is 9.59 Å². The number of hydrogen-bond acceptors (Lipinski definition) is 3. The summed E-state index contributed by atoms with van der Waals surface area (Å²) in [6, 6.07) is 0. The molecule has 0 spiro atoms. The van der Waals surface area contributed by atoms with Gasteiger partial charge in [-0.25, -0.2) is 0 Å². The Hall–Kier alpha value is -1.36. The predicted octanol–water partition coefficient (Wildman–Crippen LogP) is -0.207. The van der Waals surface area contributed by atoms with E-state index in [1.165, 1.54) is 9.13 Å². The van der Waals surface area contributed by atoms with Crippen molar-refractivity contribution in [2.45, 2.75) is 20.4 Å². The van der Waals surface area contributed by atoms with E-state index in [1.54, 1.807) is 19.4 Å². The molecule has 0 atom stereocenters. The molecule has 16 heavy (non-hydrogen) atoms. The van der Waals surface area contributed by atoms with Crippen LogP contribution in [0.25, 0.3) is 0 Å². The Morgan fingerprint density at radius 3 is 2.56 bits per heavy atom. The second kappa shape index (κ2) is 5.65. The van der Waals surface area contributed by atoms with E-state index < -0.39 is 11.1 Å². The van der Waals surface area contributed by atoms with E-state index in [2.05, 4.69) is 19.2 Å². The highest BCUT2D eigenvalue weighted by Crippen LogP contribution is 1.86. The Balaban J connectivity index is 2.59. The van der Waals surface area contributed by atoms with Gasteiger partial charge in [-0.1, -0.05) is 13.8 Å². The van der Waals surface area contributed by atoms with E-state index in [0.717, 1.165) is 6.54 Å². The Labute approximate surface area is 94.7 Å². The molecule has 0 unspecified atom stereocenters. The Morgan fingerprint density at radius 1 is 1.25 bits per heavy atom. The van der Waals surface area contributed by atoms with Crippen molar-refractivity contribution in [2.75, 3.05) is 13.1 Å². The van der Waals surface area contributed by atoms with Gasteiger partial charge in [0.2, 0.25) is 0 Å². The molecule has 0 aliphatic rings. The molecular weight excluding hydrogens is 206 g/mol. The summed E-state index contributed by atoms with van der Waals surface area (Å²) in [5, 5.41) is 3.23. The van der Waals surface area contributed by atoms with Crippen LogP contribution in [-0.2, 0) is 13.6 Å². The van der Waals surface area contributed by atoms with Crippen LogP contribution < -0.4 is 16.4 Å². The lowest BCUT2D eigenvalue weighted by molar-refractivity contribution is 0.515. The minimum atomic E-state index is -0.480. The van der Waals surface area contributed by atoms with Crippen molar-refractivity contribution >= 4 is 0 Å². The molecule has 0 fully saturated rings. The third kappa shape index (κ3) is 3.34. The number of aromatic nitrogens is 2. The zero-order valence-corrected chi connectivity index (χ0v) is 10.1. The third-order valence-corrected chi connectivity index (χ3v) is 2.32. The van der Waals surface area contributed by atoms with Gasteiger partial charge in [0, 0.05) is 32.5 Å². The van der Waals surface area contributed by atoms with Crippen LogP contribution in [-0.4, -0.2) is 22.2 Å². The first-order valence-corrected chi connectivity index (χ1v) is 5.49. The Kier molecular flexibility index (Phi) is 4.49. The molecular formula is C11H19N3O2.